The summed E-state index contributed by atoms with van der Waals surface area (Å²) in [4.78, 5) is 2.99. The molecule has 0 saturated heterocycles. The molecule has 0 radical (unpaired) electrons. The number of H-pyrrole nitrogens is 1. The van der Waals surface area contributed by atoms with Crippen molar-refractivity contribution in [3.63, 3.8) is 0 Å². The first-order chi connectivity index (χ1) is 7.34. The van der Waals surface area contributed by atoms with Crippen LogP contribution < -0.4 is 5.32 Å². The summed E-state index contributed by atoms with van der Waals surface area (Å²) in [5.41, 5.74) is 1.77. The van der Waals surface area contributed by atoms with E-state index in [4.69, 9.17) is 0 Å². The van der Waals surface area contributed by atoms with Crippen LogP contribution in [0.25, 0.3) is 10.9 Å². The molecule has 0 aliphatic heterocycles. The molecular formula is C12H13FN2. The lowest BCUT2D eigenvalue weighted by Crippen LogP contribution is -2.14. The van der Waals surface area contributed by atoms with Crippen molar-refractivity contribution in [1.82, 2.24) is 10.3 Å². The zero-order valence-corrected chi connectivity index (χ0v) is 8.39. The fourth-order valence-electron chi connectivity index (χ4n) is 1.86. The standard InChI is InChI=1S/C12H13FN2/c13-11-3-1-2-10-8(7-15-12(10)11)6-14-9-4-5-9/h1-3,7,9,14-15H,4-6H2. The molecule has 2 nitrogen and oxygen atoms in total. The molecule has 1 aliphatic rings. The molecule has 1 aliphatic carbocycles. The number of halogens is 1. The van der Waals surface area contributed by atoms with Crippen LogP contribution in [0.2, 0.25) is 0 Å². The van der Waals surface area contributed by atoms with E-state index in [1.807, 2.05) is 12.3 Å². The zero-order valence-electron chi connectivity index (χ0n) is 8.39. The average Bonchev–Trinajstić information content (AvgIpc) is 2.97. The highest BCUT2D eigenvalue weighted by atomic mass is 19.1. The third-order valence-corrected chi connectivity index (χ3v) is 2.91. The first-order valence-electron chi connectivity index (χ1n) is 5.32. The molecule has 3 heteroatoms. The summed E-state index contributed by atoms with van der Waals surface area (Å²) in [6, 6.07) is 5.88. The van der Waals surface area contributed by atoms with Gasteiger partial charge in [-0.2, -0.15) is 0 Å². The molecule has 0 spiro atoms. The Hall–Kier alpha value is -1.35. The van der Waals surface area contributed by atoms with Gasteiger partial charge in [-0.25, -0.2) is 4.39 Å². The van der Waals surface area contributed by atoms with Gasteiger partial charge >= 0.3 is 0 Å². The normalized spacial score (nSPS) is 16.1. The fourth-order valence-corrected chi connectivity index (χ4v) is 1.86. The van der Waals surface area contributed by atoms with Crippen molar-refractivity contribution >= 4 is 10.9 Å². The Morgan fingerprint density at radius 3 is 3.07 bits per heavy atom. The quantitative estimate of drug-likeness (QED) is 0.790. The van der Waals surface area contributed by atoms with E-state index in [0.29, 0.717) is 11.6 Å². The lowest BCUT2D eigenvalue weighted by molar-refractivity contribution is 0.637. The van der Waals surface area contributed by atoms with E-state index in [-0.39, 0.29) is 5.82 Å². The zero-order chi connectivity index (χ0) is 10.3. The molecule has 0 atom stereocenters. The van der Waals surface area contributed by atoms with Crippen LogP contribution in [0.1, 0.15) is 18.4 Å². The highest BCUT2D eigenvalue weighted by Crippen LogP contribution is 2.23. The van der Waals surface area contributed by atoms with Crippen LogP contribution in [0, 0.1) is 5.82 Å². The average molecular weight is 204 g/mol. The van der Waals surface area contributed by atoms with Gasteiger partial charge in [-0.15, -0.1) is 0 Å². The number of para-hydroxylation sites is 1. The highest BCUT2D eigenvalue weighted by molar-refractivity contribution is 5.83. The number of rotatable bonds is 3. The Morgan fingerprint density at radius 2 is 2.27 bits per heavy atom. The van der Waals surface area contributed by atoms with E-state index in [2.05, 4.69) is 10.3 Å². The molecule has 1 fully saturated rings. The van der Waals surface area contributed by atoms with Gasteiger partial charge in [0.25, 0.3) is 0 Å². The second-order valence-electron chi connectivity index (χ2n) is 4.13. The second-order valence-corrected chi connectivity index (χ2v) is 4.13. The molecular weight excluding hydrogens is 191 g/mol. The van der Waals surface area contributed by atoms with Gasteiger partial charge in [0.05, 0.1) is 5.52 Å². The SMILES string of the molecule is Fc1cccc2c(CNC3CC3)c[nH]c12. The molecule has 15 heavy (non-hydrogen) atoms. The van der Waals surface area contributed by atoms with Crippen LogP contribution in [0.5, 0.6) is 0 Å². The predicted octanol–water partition coefficient (Wildman–Crippen LogP) is 2.56. The predicted molar refractivity (Wildman–Crippen MR) is 58.1 cm³/mol. The first-order valence-corrected chi connectivity index (χ1v) is 5.32. The summed E-state index contributed by atoms with van der Waals surface area (Å²) in [6.07, 6.45) is 4.44. The van der Waals surface area contributed by atoms with Gasteiger partial charge in [0.15, 0.2) is 0 Å². The van der Waals surface area contributed by atoms with E-state index >= 15 is 0 Å². The van der Waals surface area contributed by atoms with Crippen molar-refractivity contribution in [2.24, 2.45) is 0 Å². The molecule has 1 aromatic carbocycles. The molecule has 78 valence electrons. The van der Waals surface area contributed by atoms with Crippen molar-refractivity contribution in [2.45, 2.75) is 25.4 Å². The second kappa shape index (κ2) is 3.35. The van der Waals surface area contributed by atoms with Crippen LogP contribution in [0.15, 0.2) is 24.4 Å². The molecule has 0 unspecified atom stereocenters. The van der Waals surface area contributed by atoms with Gasteiger partial charge in [0.1, 0.15) is 5.82 Å². The van der Waals surface area contributed by atoms with Crippen LogP contribution in [-0.2, 0) is 6.54 Å². The minimum Gasteiger partial charge on any atom is -0.358 e. The van der Waals surface area contributed by atoms with Crippen LogP contribution in [0.3, 0.4) is 0 Å². The maximum absolute atomic E-state index is 13.4. The van der Waals surface area contributed by atoms with Crippen LogP contribution in [-0.4, -0.2) is 11.0 Å². The van der Waals surface area contributed by atoms with Crippen molar-refractivity contribution in [3.8, 4) is 0 Å². The number of benzene rings is 1. The van der Waals surface area contributed by atoms with Crippen molar-refractivity contribution < 1.29 is 4.39 Å². The summed E-state index contributed by atoms with van der Waals surface area (Å²) in [6.45, 7) is 0.827. The number of hydrogen-bond acceptors (Lipinski definition) is 1. The van der Waals surface area contributed by atoms with Crippen LogP contribution in [0.4, 0.5) is 4.39 Å². The van der Waals surface area contributed by atoms with Gasteiger partial charge in [0.2, 0.25) is 0 Å². The Kier molecular flexibility index (Phi) is 1.99. The van der Waals surface area contributed by atoms with E-state index in [1.54, 1.807) is 6.07 Å². The molecule has 3 rings (SSSR count). The maximum atomic E-state index is 13.4. The maximum Gasteiger partial charge on any atom is 0.147 e. The minimum atomic E-state index is -0.176. The van der Waals surface area contributed by atoms with Crippen LogP contribution >= 0.6 is 0 Å². The summed E-state index contributed by atoms with van der Waals surface area (Å²) in [5, 5.41) is 4.42. The highest BCUT2D eigenvalue weighted by Gasteiger charge is 2.20. The van der Waals surface area contributed by atoms with E-state index < -0.39 is 0 Å². The summed E-state index contributed by atoms with van der Waals surface area (Å²) < 4.78 is 13.4. The molecule has 1 aromatic heterocycles. The van der Waals surface area contributed by atoms with Crippen molar-refractivity contribution in [3.05, 3.63) is 35.8 Å². The summed E-state index contributed by atoms with van der Waals surface area (Å²) in [7, 11) is 0. The summed E-state index contributed by atoms with van der Waals surface area (Å²) in [5.74, 6) is -0.176. The lowest BCUT2D eigenvalue weighted by atomic mass is 10.1. The largest absolute Gasteiger partial charge is 0.358 e. The summed E-state index contributed by atoms with van der Waals surface area (Å²) >= 11 is 0. The number of fused-ring (bicyclic) bond motifs is 1. The molecule has 0 bridgehead atoms. The molecule has 1 heterocycles. The third kappa shape index (κ3) is 1.63. The van der Waals surface area contributed by atoms with E-state index in [1.165, 1.54) is 18.9 Å². The third-order valence-electron chi connectivity index (χ3n) is 2.91. The van der Waals surface area contributed by atoms with Gasteiger partial charge in [-0.3, -0.25) is 0 Å². The Bertz CT molecular complexity index is 485. The molecule has 2 N–H and O–H groups in total. The molecule has 0 amide bonds. The molecule has 1 saturated carbocycles. The Morgan fingerprint density at radius 1 is 1.40 bits per heavy atom. The smallest absolute Gasteiger partial charge is 0.147 e. The number of hydrogen-bond donors (Lipinski definition) is 2. The van der Waals surface area contributed by atoms with Gasteiger partial charge in [-0.05, 0) is 24.5 Å². The minimum absolute atomic E-state index is 0.176. The number of aromatic amines is 1. The fraction of sp³-hybridized carbons (Fsp3) is 0.333. The van der Waals surface area contributed by atoms with E-state index in [9.17, 15) is 4.39 Å². The monoisotopic (exact) mass is 204 g/mol. The molecule has 2 aromatic rings. The lowest BCUT2D eigenvalue weighted by Gasteiger charge is -2.00. The van der Waals surface area contributed by atoms with Gasteiger partial charge < -0.3 is 10.3 Å². The van der Waals surface area contributed by atoms with Gasteiger partial charge in [-0.1, -0.05) is 12.1 Å². The van der Waals surface area contributed by atoms with Crippen molar-refractivity contribution in [1.29, 1.82) is 0 Å². The van der Waals surface area contributed by atoms with Crippen molar-refractivity contribution in [2.75, 3.05) is 0 Å². The Balaban J connectivity index is 1.92. The first kappa shape index (κ1) is 8.92. The number of nitrogens with one attached hydrogen (secondary N) is 2. The van der Waals surface area contributed by atoms with E-state index in [0.717, 1.165) is 17.5 Å². The topological polar surface area (TPSA) is 27.8 Å². The number of aromatic nitrogens is 1. The van der Waals surface area contributed by atoms with Gasteiger partial charge in [0, 0.05) is 24.2 Å². The Labute approximate surface area is 87.5 Å².